The number of likely N-dealkylation sites (N-methyl/N-ethyl adjacent to an activating group) is 1. The third-order valence-electron chi connectivity index (χ3n) is 1.87. The zero-order chi connectivity index (χ0) is 12.0. The first kappa shape index (κ1) is 12.2. The minimum Gasteiger partial charge on any atom is -0.465 e. The van der Waals surface area contributed by atoms with Crippen molar-refractivity contribution in [3.05, 3.63) is 12.4 Å². The summed E-state index contributed by atoms with van der Waals surface area (Å²) in [4.78, 5) is 24.0. The Bertz CT molecular complexity index is 350. The monoisotopic (exact) mass is 226 g/mol. The highest BCUT2D eigenvalue weighted by Crippen LogP contribution is 1.91. The molecule has 0 radical (unpaired) electrons. The molecule has 0 aliphatic carbocycles. The number of ether oxygens (including phenoxy) is 1. The third kappa shape index (κ3) is 3.68. The molecule has 0 aliphatic heterocycles. The number of rotatable bonds is 5. The number of nitrogens with zero attached hydrogens (tertiary/aromatic N) is 4. The molecular weight excluding hydrogens is 212 g/mol. The van der Waals surface area contributed by atoms with Crippen LogP contribution in [0.4, 0.5) is 0 Å². The van der Waals surface area contributed by atoms with Crippen LogP contribution in [0, 0.1) is 0 Å². The predicted molar refractivity (Wildman–Crippen MR) is 54.3 cm³/mol. The molecular formula is C9H14N4O3. The Kier molecular flexibility index (Phi) is 4.43. The SMILES string of the molecule is CCOC(=O)CN(C)C(=O)Cn1ccnn1. The van der Waals surface area contributed by atoms with Crippen LogP contribution in [0.5, 0.6) is 0 Å². The van der Waals surface area contributed by atoms with Crippen molar-refractivity contribution in [2.75, 3.05) is 20.2 Å². The van der Waals surface area contributed by atoms with Gasteiger partial charge in [0.2, 0.25) is 5.91 Å². The molecule has 0 saturated carbocycles. The lowest BCUT2D eigenvalue weighted by Gasteiger charge is -2.15. The Balaban J connectivity index is 2.39. The Labute approximate surface area is 93.0 Å². The Morgan fingerprint density at radius 3 is 2.81 bits per heavy atom. The number of amides is 1. The summed E-state index contributed by atoms with van der Waals surface area (Å²) in [6.45, 7) is 2.04. The fourth-order valence-electron chi connectivity index (χ4n) is 1.06. The zero-order valence-corrected chi connectivity index (χ0v) is 9.29. The van der Waals surface area contributed by atoms with Crippen LogP contribution in [0.25, 0.3) is 0 Å². The van der Waals surface area contributed by atoms with Crippen LogP contribution in [0.3, 0.4) is 0 Å². The minimum atomic E-state index is -0.419. The standard InChI is InChI=1S/C9H14N4O3/c1-3-16-9(15)7-12(2)8(14)6-13-5-4-10-11-13/h4-5H,3,6-7H2,1-2H3. The van der Waals surface area contributed by atoms with E-state index in [2.05, 4.69) is 10.3 Å². The molecule has 1 heterocycles. The van der Waals surface area contributed by atoms with Gasteiger partial charge in [0.05, 0.1) is 12.8 Å². The van der Waals surface area contributed by atoms with E-state index in [0.29, 0.717) is 6.61 Å². The number of esters is 1. The van der Waals surface area contributed by atoms with Crippen molar-refractivity contribution in [3.63, 3.8) is 0 Å². The van der Waals surface area contributed by atoms with Gasteiger partial charge in [0.25, 0.3) is 0 Å². The topological polar surface area (TPSA) is 77.3 Å². The van der Waals surface area contributed by atoms with E-state index in [1.165, 1.54) is 22.8 Å². The maximum Gasteiger partial charge on any atom is 0.325 e. The molecule has 0 atom stereocenters. The predicted octanol–water partition coefficient (Wildman–Crippen LogP) is -0.700. The molecule has 16 heavy (non-hydrogen) atoms. The van der Waals surface area contributed by atoms with E-state index in [1.54, 1.807) is 13.1 Å². The van der Waals surface area contributed by atoms with E-state index in [1.807, 2.05) is 0 Å². The molecule has 7 nitrogen and oxygen atoms in total. The van der Waals surface area contributed by atoms with Gasteiger partial charge in [-0.25, -0.2) is 4.68 Å². The highest BCUT2D eigenvalue weighted by Gasteiger charge is 2.13. The minimum absolute atomic E-state index is 0.0542. The van der Waals surface area contributed by atoms with Gasteiger partial charge < -0.3 is 9.64 Å². The molecule has 0 bridgehead atoms. The normalized spacial score (nSPS) is 9.88. The molecule has 0 saturated heterocycles. The van der Waals surface area contributed by atoms with Gasteiger partial charge in [-0.15, -0.1) is 5.10 Å². The lowest BCUT2D eigenvalue weighted by atomic mass is 10.5. The average molecular weight is 226 g/mol. The number of hydrogen-bond acceptors (Lipinski definition) is 5. The first-order chi connectivity index (χ1) is 7.63. The van der Waals surface area contributed by atoms with Gasteiger partial charge in [-0.3, -0.25) is 9.59 Å². The van der Waals surface area contributed by atoms with Crippen LogP contribution in [-0.2, 0) is 20.9 Å². The van der Waals surface area contributed by atoms with Crippen molar-refractivity contribution in [1.29, 1.82) is 0 Å². The lowest BCUT2D eigenvalue weighted by molar-refractivity contribution is -0.148. The second-order valence-electron chi connectivity index (χ2n) is 3.16. The summed E-state index contributed by atoms with van der Waals surface area (Å²) in [5.74, 6) is -0.643. The summed E-state index contributed by atoms with van der Waals surface area (Å²) in [6, 6.07) is 0. The first-order valence-electron chi connectivity index (χ1n) is 4.87. The van der Waals surface area contributed by atoms with Crippen molar-refractivity contribution >= 4 is 11.9 Å². The summed E-state index contributed by atoms with van der Waals surface area (Å²) >= 11 is 0. The van der Waals surface area contributed by atoms with E-state index < -0.39 is 5.97 Å². The summed E-state index contributed by atoms with van der Waals surface area (Å²) in [7, 11) is 1.54. The molecule has 0 N–H and O–H groups in total. The van der Waals surface area contributed by atoms with Gasteiger partial charge in [0.15, 0.2) is 0 Å². The fraction of sp³-hybridized carbons (Fsp3) is 0.556. The smallest absolute Gasteiger partial charge is 0.325 e. The van der Waals surface area contributed by atoms with Gasteiger partial charge in [0.1, 0.15) is 13.1 Å². The van der Waals surface area contributed by atoms with Gasteiger partial charge in [0, 0.05) is 13.2 Å². The van der Waals surface area contributed by atoms with Crippen LogP contribution < -0.4 is 0 Å². The van der Waals surface area contributed by atoms with Gasteiger partial charge in [-0.05, 0) is 6.92 Å². The maximum atomic E-state index is 11.6. The van der Waals surface area contributed by atoms with E-state index in [-0.39, 0.29) is 19.0 Å². The van der Waals surface area contributed by atoms with E-state index >= 15 is 0 Å². The molecule has 0 spiro atoms. The second kappa shape index (κ2) is 5.84. The average Bonchev–Trinajstić information content (AvgIpc) is 2.70. The number of aromatic nitrogens is 3. The molecule has 0 aliphatic rings. The molecule has 7 heteroatoms. The molecule has 88 valence electrons. The summed E-state index contributed by atoms with van der Waals surface area (Å²) in [5, 5.41) is 7.23. The maximum absolute atomic E-state index is 11.6. The van der Waals surface area contributed by atoms with Gasteiger partial charge in [-0.2, -0.15) is 0 Å². The van der Waals surface area contributed by atoms with Crippen molar-refractivity contribution in [2.24, 2.45) is 0 Å². The molecule has 0 aromatic carbocycles. The summed E-state index contributed by atoms with van der Waals surface area (Å²) < 4.78 is 6.12. The largest absolute Gasteiger partial charge is 0.465 e. The van der Waals surface area contributed by atoms with Crippen LogP contribution in [0.2, 0.25) is 0 Å². The molecule has 1 aromatic rings. The van der Waals surface area contributed by atoms with Crippen molar-refractivity contribution in [2.45, 2.75) is 13.5 Å². The van der Waals surface area contributed by atoms with Crippen LogP contribution >= 0.6 is 0 Å². The van der Waals surface area contributed by atoms with Gasteiger partial charge >= 0.3 is 5.97 Å². The summed E-state index contributed by atoms with van der Waals surface area (Å²) in [5.41, 5.74) is 0. The Morgan fingerprint density at radius 2 is 2.25 bits per heavy atom. The zero-order valence-electron chi connectivity index (χ0n) is 9.29. The highest BCUT2D eigenvalue weighted by atomic mass is 16.5. The molecule has 0 unspecified atom stereocenters. The second-order valence-corrected chi connectivity index (χ2v) is 3.16. The van der Waals surface area contributed by atoms with E-state index in [0.717, 1.165) is 0 Å². The van der Waals surface area contributed by atoms with Crippen molar-refractivity contribution < 1.29 is 14.3 Å². The Hall–Kier alpha value is -1.92. The molecule has 1 rings (SSSR count). The quantitative estimate of drug-likeness (QED) is 0.620. The van der Waals surface area contributed by atoms with Crippen LogP contribution in [-0.4, -0.2) is 52.0 Å². The molecule has 1 aromatic heterocycles. The molecule has 0 fully saturated rings. The van der Waals surface area contributed by atoms with Crippen molar-refractivity contribution in [1.82, 2.24) is 19.9 Å². The number of carbonyl (C=O) groups excluding carboxylic acids is 2. The summed E-state index contributed by atoms with van der Waals surface area (Å²) in [6.07, 6.45) is 3.06. The number of carbonyl (C=O) groups is 2. The fourth-order valence-corrected chi connectivity index (χ4v) is 1.06. The number of hydrogen-bond donors (Lipinski definition) is 0. The van der Waals surface area contributed by atoms with Crippen molar-refractivity contribution in [3.8, 4) is 0 Å². The first-order valence-corrected chi connectivity index (χ1v) is 4.87. The lowest BCUT2D eigenvalue weighted by Crippen LogP contribution is -2.35. The van der Waals surface area contributed by atoms with Gasteiger partial charge in [-0.1, -0.05) is 5.21 Å². The van der Waals surface area contributed by atoms with E-state index in [4.69, 9.17) is 4.74 Å². The Morgan fingerprint density at radius 1 is 1.50 bits per heavy atom. The highest BCUT2D eigenvalue weighted by molar-refractivity contribution is 5.81. The third-order valence-corrected chi connectivity index (χ3v) is 1.87. The van der Waals surface area contributed by atoms with E-state index in [9.17, 15) is 9.59 Å². The van der Waals surface area contributed by atoms with Crippen LogP contribution in [0.15, 0.2) is 12.4 Å². The molecule has 1 amide bonds. The van der Waals surface area contributed by atoms with Crippen LogP contribution in [0.1, 0.15) is 6.92 Å².